The molecule has 1 heterocycles. The van der Waals surface area contributed by atoms with Crippen LogP contribution in [0.2, 0.25) is 5.02 Å². The van der Waals surface area contributed by atoms with Crippen LogP contribution in [0, 0.1) is 10.1 Å². The van der Waals surface area contributed by atoms with Gasteiger partial charge in [-0.05, 0) is 18.2 Å². The Morgan fingerprint density at radius 2 is 1.91 bits per heavy atom. The Balaban J connectivity index is 2.28. The van der Waals surface area contributed by atoms with Crippen molar-refractivity contribution in [1.29, 1.82) is 0 Å². The number of nitro groups is 1. The van der Waals surface area contributed by atoms with E-state index in [-0.39, 0.29) is 12.3 Å². The average Bonchev–Trinajstić information content (AvgIpc) is 2.54. The van der Waals surface area contributed by atoms with Crippen LogP contribution in [0.4, 0.5) is 5.69 Å². The van der Waals surface area contributed by atoms with Crippen molar-refractivity contribution in [2.75, 3.05) is 7.11 Å². The van der Waals surface area contributed by atoms with Crippen molar-refractivity contribution in [2.24, 2.45) is 0 Å². The molecule has 0 aliphatic rings. The topological polar surface area (TPSA) is 78.2 Å². The largest absolute Gasteiger partial charge is 0.377 e. The third-order valence-corrected chi connectivity index (χ3v) is 3.58. The van der Waals surface area contributed by atoms with Crippen LogP contribution in [-0.2, 0) is 11.3 Å². The van der Waals surface area contributed by atoms with Gasteiger partial charge in [0, 0.05) is 35.2 Å². The molecule has 7 heteroatoms. The summed E-state index contributed by atoms with van der Waals surface area (Å²) in [6.45, 7) is 0.257. The number of nitrogens with zero attached hydrogens (tertiary/aromatic N) is 3. The highest BCUT2D eigenvalue weighted by molar-refractivity contribution is 6.30. The van der Waals surface area contributed by atoms with Crippen LogP contribution in [0.3, 0.4) is 0 Å². The van der Waals surface area contributed by atoms with Gasteiger partial charge in [0.25, 0.3) is 5.69 Å². The molecular formula is C16H12ClN3O3. The number of nitro benzene ring substituents is 1. The van der Waals surface area contributed by atoms with Crippen molar-refractivity contribution in [2.45, 2.75) is 6.61 Å². The summed E-state index contributed by atoms with van der Waals surface area (Å²) in [4.78, 5) is 19.5. The number of rotatable bonds is 4. The molecule has 0 saturated carbocycles. The normalized spacial score (nSPS) is 10.9. The molecule has 23 heavy (non-hydrogen) atoms. The van der Waals surface area contributed by atoms with E-state index in [1.165, 1.54) is 12.1 Å². The minimum absolute atomic E-state index is 0.00388. The highest BCUT2D eigenvalue weighted by Gasteiger charge is 2.14. The highest BCUT2D eigenvalue weighted by Crippen LogP contribution is 2.30. The Morgan fingerprint density at radius 1 is 1.17 bits per heavy atom. The van der Waals surface area contributed by atoms with Crippen LogP contribution in [-0.4, -0.2) is 22.0 Å². The second-order valence-electron chi connectivity index (χ2n) is 4.89. The van der Waals surface area contributed by atoms with Crippen molar-refractivity contribution < 1.29 is 9.66 Å². The Labute approximate surface area is 136 Å². The van der Waals surface area contributed by atoms with Gasteiger partial charge in [0.05, 0.1) is 16.1 Å². The summed E-state index contributed by atoms with van der Waals surface area (Å²) in [5.41, 5.74) is 2.04. The third kappa shape index (κ3) is 3.13. The number of hydrogen-bond acceptors (Lipinski definition) is 5. The summed E-state index contributed by atoms with van der Waals surface area (Å²) in [5.74, 6) is 0.513. The highest BCUT2D eigenvalue weighted by atomic mass is 35.5. The first-order valence-electron chi connectivity index (χ1n) is 6.78. The zero-order valence-corrected chi connectivity index (χ0v) is 12.9. The second kappa shape index (κ2) is 6.28. The van der Waals surface area contributed by atoms with Crippen molar-refractivity contribution in [3.63, 3.8) is 0 Å². The number of fused-ring (bicyclic) bond motifs is 1. The average molecular weight is 330 g/mol. The van der Waals surface area contributed by atoms with E-state index < -0.39 is 4.92 Å². The number of aromatic nitrogens is 2. The van der Waals surface area contributed by atoms with Crippen LogP contribution < -0.4 is 0 Å². The smallest absolute Gasteiger partial charge is 0.270 e. The molecule has 6 nitrogen and oxygen atoms in total. The van der Waals surface area contributed by atoms with Crippen LogP contribution in [0.25, 0.3) is 22.2 Å². The number of benzene rings is 2. The Bertz CT molecular complexity index is 882. The summed E-state index contributed by atoms with van der Waals surface area (Å²) in [6.07, 6.45) is 0. The zero-order chi connectivity index (χ0) is 16.4. The first-order valence-corrected chi connectivity index (χ1v) is 7.16. The minimum Gasteiger partial charge on any atom is -0.377 e. The molecule has 0 fully saturated rings. The molecule has 1 aromatic heterocycles. The maximum Gasteiger partial charge on any atom is 0.270 e. The molecule has 116 valence electrons. The number of non-ortho nitro benzene ring substituents is 1. The van der Waals surface area contributed by atoms with Gasteiger partial charge in [-0.15, -0.1) is 0 Å². The molecule has 0 atom stereocenters. The third-order valence-electron chi connectivity index (χ3n) is 3.33. The van der Waals surface area contributed by atoms with E-state index in [1.54, 1.807) is 25.3 Å². The SMILES string of the molecule is COCc1nc(-c2ccc(Cl)cc2)c2cc([N+](=O)[O-])ccc2n1. The summed E-state index contributed by atoms with van der Waals surface area (Å²) >= 11 is 5.92. The number of methoxy groups -OCH3 is 1. The maximum atomic E-state index is 11.0. The quantitative estimate of drug-likeness (QED) is 0.534. The number of hydrogen-bond donors (Lipinski definition) is 0. The Morgan fingerprint density at radius 3 is 2.57 bits per heavy atom. The second-order valence-corrected chi connectivity index (χ2v) is 5.32. The van der Waals surface area contributed by atoms with E-state index in [9.17, 15) is 10.1 Å². The Kier molecular flexibility index (Phi) is 4.18. The molecular weight excluding hydrogens is 318 g/mol. The summed E-state index contributed by atoms with van der Waals surface area (Å²) in [5, 5.41) is 12.3. The van der Waals surface area contributed by atoms with Crippen LogP contribution >= 0.6 is 11.6 Å². The number of halogens is 1. The van der Waals surface area contributed by atoms with Gasteiger partial charge in [0.1, 0.15) is 6.61 Å². The molecule has 0 aliphatic heterocycles. The van der Waals surface area contributed by atoms with Crippen molar-refractivity contribution >= 4 is 28.2 Å². The fourth-order valence-corrected chi connectivity index (χ4v) is 2.43. The first-order chi connectivity index (χ1) is 11.1. The van der Waals surface area contributed by atoms with Gasteiger partial charge in [-0.25, -0.2) is 9.97 Å². The first kappa shape index (κ1) is 15.3. The lowest BCUT2D eigenvalue weighted by atomic mass is 10.1. The lowest BCUT2D eigenvalue weighted by molar-refractivity contribution is -0.384. The fraction of sp³-hybridized carbons (Fsp3) is 0.125. The van der Waals surface area contributed by atoms with Crippen molar-refractivity contribution in [1.82, 2.24) is 9.97 Å². The monoisotopic (exact) mass is 329 g/mol. The maximum absolute atomic E-state index is 11.0. The van der Waals surface area contributed by atoms with E-state index in [0.29, 0.717) is 27.4 Å². The van der Waals surface area contributed by atoms with Gasteiger partial charge in [0.2, 0.25) is 0 Å². The van der Waals surface area contributed by atoms with Crippen molar-refractivity contribution in [3.8, 4) is 11.3 Å². The lowest BCUT2D eigenvalue weighted by Crippen LogP contribution is -2.00. The molecule has 3 rings (SSSR count). The molecule has 0 amide bonds. The molecule has 0 spiro atoms. The van der Waals surface area contributed by atoms with Gasteiger partial charge in [-0.1, -0.05) is 23.7 Å². The molecule has 0 aliphatic carbocycles. The molecule has 0 saturated heterocycles. The predicted molar refractivity (Wildman–Crippen MR) is 87.4 cm³/mol. The summed E-state index contributed by atoms with van der Waals surface area (Å²) in [7, 11) is 1.56. The van der Waals surface area contributed by atoms with E-state index in [0.717, 1.165) is 5.56 Å². The van der Waals surface area contributed by atoms with Gasteiger partial charge in [0.15, 0.2) is 5.82 Å². The molecule has 0 radical (unpaired) electrons. The molecule has 0 bridgehead atoms. The summed E-state index contributed by atoms with van der Waals surface area (Å²) < 4.78 is 5.09. The van der Waals surface area contributed by atoms with E-state index >= 15 is 0 Å². The molecule has 0 unspecified atom stereocenters. The fourth-order valence-electron chi connectivity index (χ4n) is 2.30. The standard InChI is InChI=1S/C16H12ClN3O3/c1-23-9-15-18-14-7-6-12(20(21)22)8-13(14)16(19-15)10-2-4-11(17)5-3-10/h2-8H,9H2,1H3. The van der Waals surface area contributed by atoms with Crippen molar-refractivity contribution in [3.05, 3.63) is 63.4 Å². The van der Waals surface area contributed by atoms with Crippen LogP contribution in [0.1, 0.15) is 5.82 Å². The summed E-state index contributed by atoms with van der Waals surface area (Å²) in [6, 6.07) is 11.7. The zero-order valence-electron chi connectivity index (χ0n) is 12.2. The lowest BCUT2D eigenvalue weighted by Gasteiger charge is -2.09. The van der Waals surface area contributed by atoms with E-state index in [1.807, 2.05) is 12.1 Å². The van der Waals surface area contributed by atoms with Gasteiger partial charge in [-0.2, -0.15) is 0 Å². The van der Waals surface area contributed by atoms with Gasteiger partial charge >= 0.3 is 0 Å². The molecule has 3 aromatic rings. The predicted octanol–water partition coefficient (Wildman–Crippen LogP) is 4.00. The van der Waals surface area contributed by atoms with E-state index in [4.69, 9.17) is 16.3 Å². The number of ether oxygens (including phenoxy) is 1. The van der Waals surface area contributed by atoms with Gasteiger partial charge < -0.3 is 4.74 Å². The van der Waals surface area contributed by atoms with Crippen LogP contribution in [0.15, 0.2) is 42.5 Å². The van der Waals surface area contributed by atoms with Gasteiger partial charge in [-0.3, -0.25) is 10.1 Å². The molecule has 2 aromatic carbocycles. The van der Waals surface area contributed by atoms with E-state index in [2.05, 4.69) is 9.97 Å². The van der Waals surface area contributed by atoms with Crippen LogP contribution in [0.5, 0.6) is 0 Å². The minimum atomic E-state index is -0.436. The molecule has 0 N–H and O–H groups in total. The Hall–Kier alpha value is -2.57.